The number of rotatable bonds is 7. The van der Waals surface area contributed by atoms with Gasteiger partial charge < -0.3 is 10.2 Å². The van der Waals surface area contributed by atoms with Crippen molar-refractivity contribution in [3.8, 4) is 0 Å². The Morgan fingerprint density at radius 3 is 2.35 bits per heavy atom. The molecule has 0 heterocycles. The molecule has 0 aromatic rings. The molecule has 1 aliphatic carbocycles. The molecule has 0 aromatic carbocycles. The van der Waals surface area contributed by atoms with Crippen LogP contribution >= 0.6 is 0 Å². The summed E-state index contributed by atoms with van der Waals surface area (Å²) >= 11 is 0. The summed E-state index contributed by atoms with van der Waals surface area (Å²) < 4.78 is 0. The highest BCUT2D eigenvalue weighted by atomic mass is 16.2. The SMILES string of the molecule is CCN(CC)C(=O)C(C)NCC(=O)NC1CC1. The molecule has 0 aliphatic heterocycles. The number of carbonyl (C=O) groups is 2. The zero-order chi connectivity index (χ0) is 12.8. The van der Waals surface area contributed by atoms with Gasteiger partial charge in [-0.2, -0.15) is 0 Å². The molecule has 0 spiro atoms. The monoisotopic (exact) mass is 241 g/mol. The lowest BCUT2D eigenvalue weighted by Crippen LogP contribution is -2.47. The fourth-order valence-corrected chi connectivity index (χ4v) is 1.65. The van der Waals surface area contributed by atoms with E-state index in [4.69, 9.17) is 0 Å². The second-order valence-corrected chi connectivity index (χ2v) is 4.45. The van der Waals surface area contributed by atoms with Gasteiger partial charge in [-0.15, -0.1) is 0 Å². The highest BCUT2D eigenvalue weighted by molar-refractivity contribution is 5.83. The minimum Gasteiger partial charge on any atom is -0.352 e. The molecule has 1 fully saturated rings. The van der Waals surface area contributed by atoms with E-state index in [1.54, 1.807) is 11.8 Å². The van der Waals surface area contributed by atoms with E-state index in [9.17, 15) is 9.59 Å². The third kappa shape index (κ3) is 4.73. The summed E-state index contributed by atoms with van der Waals surface area (Å²) in [4.78, 5) is 25.1. The van der Waals surface area contributed by atoms with Gasteiger partial charge in [0.2, 0.25) is 11.8 Å². The number of hydrogen-bond acceptors (Lipinski definition) is 3. The summed E-state index contributed by atoms with van der Waals surface area (Å²) in [5, 5.41) is 5.84. The number of nitrogens with zero attached hydrogens (tertiary/aromatic N) is 1. The summed E-state index contributed by atoms with van der Waals surface area (Å²) in [5.74, 6) is 0.0286. The van der Waals surface area contributed by atoms with Gasteiger partial charge in [0.25, 0.3) is 0 Å². The molecule has 1 atom stereocenters. The lowest BCUT2D eigenvalue weighted by Gasteiger charge is -2.23. The number of likely N-dealkylation sites (N-methyl/N-ethyl adjacent to an activating group) is 1. The highest BCUT2D eigenvalue weighted by Gasteiger charge is 2.24. The highest BCUT2D eigenvalue weighted by Crippen LogP contribution is 2.18. The Labute approximate surface area is 103 Å². The van der Waals surface area contributed by atoms with Crippen LogP contribution < -0.4 is 10.6 Å². The third-order valence-corrected chi connectivity index (χ3v) is 2.96. The first-order valence-corrected chi connectivity index (χ1v) is 6.40. The average Bonchev–Trinajstić information content (AvgIpc) is 3.11. The molecule has 1 rings (SSSR count). The van der Waals surface area contributed by atoms with E-state index in [0.717, 1.165) is 12.8 Å². The number of hydrogen-bond donors (Lipinski definition) is 2. The Morgan fingerprint density at radius 2 is 1.88 bits per heavy atom. The lowest BCUT2D eigenvalue weighted by atomic mass is 10.2. The van der Waals surface area contributed by atoms with Gasteiger partial charge in [-0.05, 0) is 33.6 Å². The number of nitrogens with one attached hydrogen (secondary N) is 2. The van der Waals surface area contributed by atoms with Gasteiger partial charge in [-0.1, -0.05) is 0 Å². The molecule has 0 bridgehead atoms. The summed E-state index contributed by atoms with van der Waals surface area (Å²) in [6.45, 7) is 7.32. The van der Waals surface area contributed by atoms with Crippen LogP contribution in [0.5, 0.6) is 0 Å². The fourth-order valence-electron chi connectivity index (χ4n) is 1.65. The minimum absolute atomic E-state index is 0.0216. The van der Waals surface area contributed by atoms with Crippen molar-refractivity contribution in [2.45, 2.75) is 45.7 Å². The van der Waals surface area contributed by atoms with Crippen LogP contribution in [0.3, 0.4) is 0 Å². The summed E-state index contributed by atoms with van der Waals surface area (Å²) in [6, 6.07) is 0.0675. The molecule has 1 unspecified atom stereocenters. The van der Waals surface area contributed by atoms with Gasteiger partial charge in [0.15, 0.2) is 0 Å². The predicted molar refractivity (Wildman–Crippen MR) is 66.6 cm³/mol. The van der Waals surface area contributed by atoms with Crippen molar-refractivity contribution in [2.75, 3.05) is 19.6 Å². The fraction of sp³-hybridized carbons (Fsp3) is 0.833. The molecule has 5 nitrogen and oxygen atoms in total. The second-order valence-electron chi connectivity index (χ2n) is 4.45. The van der Waals surface area contributed by atoms with Crippen molar-refractivity contribution in [3.63, 3.8) is 0 Å². The normalized spacial score (nSPS) is 16.4. The zero-order valence-electron chi connectivity index (χ0n) is 11.0. The smallest absolute Gasteiger partial charge is 0.239 e. The Morgan fingerprint density at radius 1 is 1.29 bits per heavy atom. The molecule has 1 saturated carbocycles. The molecule has 1 aliphatic rings. The Bertz CT molecular complexity index is 273. The van der Waals surface area contributed by atoms with E-state index in [1.807, 2.05) is 13.8 Å². The van der Waals surface area contributed by atoms with Crippen molar-refractivity contribution >= 4 is 11.8 Å². The van der Waals surface area contributed by atoms with Gasteiger partial charge in [-0.3, -0.25) is 14.9 Å². The molecule has 2 amide bonds. The largest absolute Gasteiger partial charge is 0.352 e. The Balaban J connectivity index is 2.24. The first kappa shape index (κ1) is 14.0. The summed E-state index contributed by atoms with van der Waals surface area (Å²) in [5.41, 5.74) is 0. The maximum atomic E-state index is 11.9. The third-order valence-electron chi connectivity index (χ3n) is 2.96. The second kappa shape index (κ2) is 6.59. The quantitative estimate of drug-likeness (QED) is 0.665. The van der Waals surface area contributed by atoms with Crippen molar-refractivity contribution in [1.29, 1.82) is 0 Å². The lowest BCUT2D eigenvalue weighted by molar-refractivity contribution is -0.132. The van der Waals surface area contributed by atoms with E-state index < -0.39 is 0 Å². The van der Waals surface area contributed by atoms with Crippen LogP contribution in [0.2, 0.25) is 0 Å². The molecule has 0 saturated heterocycles. The Hall–Kier alpha value is -1.10. The first-order valence-electron chi connectivity index (χ1n) is 6.40. The van der Waals surface area contributed by atoms with Gasteiger partial charge in [0.1, 0.15) is 0 Å². The van der Waals surface area contributed by atoms with E-state index in [1.165, 1.54) is 0 Å². The molecule has 0 aromatic heterocycles. The van der Waals surface area contributed by atoms with Crippen molar-refractivity contribution < 1.29 is 9.59 Å². The Kier molecular flexibility index (Phi) is 5.41. The minimum atomic E-state index is -0.306. The van der Waals surface area contributed by atoms with Crippen LogP contribution in [0.4, 0.5) is 0 Å². The zero-order valence-corrected chi connectivity index (χ0v) is 11.0. The average molecular weight is 241 g/mol. The first-order chi connectivity index (χ1) is 8.08. The van der Waals surface area contributed by atoms with Crippen LogP contribution in [0.25, 0.3) is 0 Å². The molecule has 5 heteroatoms. The van der Waals surface area contributed by atoms with Crippen LogP contribution in [0, 0.1) is 0 Å². The van der Waals surface area contributed by atoms with Gasteiger partial charge >= 0.3 is 0 Å². The van der Waals surface area contributed by atoms with E-state index >= 15 is 0 Å². The maximum Gasteiger partial charge on any atom is 0.239 e. The van der Waals surface area contributed by atoms with Crippen LogP contribution in [-0.4, -0.2) is 48.4 Å². The number of carbonyl (C=O) groups excluding carboxylic acids is 2. The standard InChI is InChI=1S/C12H23N3O2/c1-4-15(5-2)12(17)9(3)13-8-11(16)14-10-6-7-10/h9-10,13H,4-8H2,1-3H3,(H,14,16). The maximum absolute atomic E-state index is 11.9. The van der Waals surface area contributed by atoms with E-state index in [0.29, 0.717) is 19.1 Å². The topological polar surface area (TPSA) is 61.4 Å². The van der Waals surface area contributed by atoms with E-state index in [2.05, 4.69) is 10.6 Å². The number of amides is 2. The molecule has 98 valence electrons. The van der Waals surface area contributed by atoms with Gasteiger partial charge in [0.05, 0.1) is 12.6 Å². The van der Waals surface area contributed by atoms with E-state index in [-0.39, 0.29) is 24.4 Å². The predicted octanol–water partition coefficient (Wildman–Crippen LogP) is 0.112. The van der Waals surface area contributed by atoms with Crippen molar-refractivity contribution in [1.82, 2.24) is 15.5 Å². The summed E-state index contributed by atoms with van der Waals surface area (Å²) in [7, 11) is 0. The van der Waals surface area contributed by atoms with Gasteiger partial charge in [-0.25, -0.2) is 0 Å². The summed E-state index contributed by atoms with van der Waals surface area (Å²) in [6.07, 6.45) is 2.17. The molecule has 17 heavy (non-hydrogen) atoms. The molecular weight excluding hydrogens is 218 g/mol. The molecular formula is C12H23N3O2. The van der Waals surface area contributed by atoms with Crippen LogP contribution in [0.15, 0.2) is 0 Å². The molecule has 0 radical (unpaired) electrons. The van der Waals surface area contributed by atoms with Crippen molar-refractivity contribution in [3.05, 3.63) is 0 Å². The van der Waals surface area contributed by atoms with Crippen molar-refractivity contribution in [2.24, 2.45) is 0 Å². The van der Waals surface area contributed by atoms with Gasteiger partial charge in [0, 0.05) is 19.1 Å². The molecule has 2 N–H and O–H groups in total. The van der Waals surface area contributed by atoms with Crippen LogP contribution in [0.1, 0.15) is 33.6 Å². The van der Waals surface area contributed by atoms with Crippen LogP contribution in [-0.2, 0) is 9.59 Å².